The van der Waals surface area contributed by atoms with Gasteiger partial charge in [-0.1, -0.05) is 19.9 Å². The standard InChI is InChI=1S/C13H23NO2S/c1-10(2)11(3)14-7-12(15)8-16-9-13-5-4-6-17-13/h4-6,10-12,14-15H,7-9H2,1-3H3. The van der Waals surface area contributed by atoms with Crippen LogP contribution in [0.2, 0.25) is 0 Å². The smallest absolute Gasteiger partial charge is 0.0897 e. The lowest BCUT2D eigenvalue weighted by molar-refractivity contribution is 0.0282. The summed E-state index contributed by atoms with van der Waals surface area (Å²) in [4.78, 5) is 1.20. The van der Waals surface area contributed by atoms with Crippen LogP contribution in [0.1, 0.15) is 25.6 Å². The lowest BCUT2D eigenvalue weighted by Crippen LogP contribution is -2.38. The van der Waals surface area contributed by atoms with Gasteiger partial charge >= 0.3 is 0 Å². The molecule has 0 aliphatic heterocycles. The van der Waals surface area contributed by atoms with Crippen molar-refractivity contribution in [1.82, 2.24) is 5.32 Å². The molecule has 1 heterocycles. The Morgan fingerprint density at radius 2 is 2.18 bits per heavy atom. The zero-order chi connectivity index (χ0) is 12.7. The van der Waals surface area contributed by atoms with E-state index < -0.39 is 6.10 Å². The minimum atomic E-state index is -0.434. The number of ether oxygens (including phenoxy) is 1. The van der Waals surface area contributed by atoms with Crippen molar-refractivity contribution < 1.29 is 9.84 Å². The Balaban J connectivity index is 2.07. The van der Waals surface area contributed by atoms with E-state index in [0.29, 0.717) is 31.7 Å². The number of rotatable bonds is 8. The van der Waals surface area contributed by atoms with Crippen LogP contribution < -0.4 is 5.32 Å². The number of hydrogen-bond acceptors (Lipinski definition) is 4. The molecule has 0 saturated heterocycles. The molecular weight excluding hydrogens is 234 g/mol. The first kappa shape index (κ1) is 14.6. The van der Waals surface area contributed by atoms with E-state index in [1.54, 1.807) is 11.3 Å². The van der Waals surface area contributed by atoms with Crippen molar-refractivity contribution in [3.05, 3.63) is 22.4 Å². The van der Waals surface area contributed by atoms with Gasteiger partial charge in [-0.2, -0.15) is 0 Å². The number of aliphatic hydroxyl groups excluding tert-OH is 1. The van der Waals surface area contributed by atoms with Crippen LogP contribution in [-0.4, -0.2) is 30.4 Å². The maximum atomic E-state index is 9.72. The van der Waals surface area contributed by atoms with E-state index in [1.165, 1.54) is 4.88 Å². The van der Waals surface area contributed by atoms with Crippen LogP contribution in [0.3, 0.4) is 0 Å². The molecule has 98 valence electrons. The monoisotopic (exact) mass is 257 g/mol. The van der Waals surface area contributed by atoms with Crippen LogP contribution >= 0.6 is 11.3 Å². The van der Waals surface area contributed by atoms with E-state index in [-0.39, 0.29) is 0 Å². The Bertz CT molecular complexity index is 288. The first-order valence-electron chi connectivity index (χ1n) is 6.11. The zero-order valence-electron chi connectivity index (χ0n) is 10.8. The van der Waals surface area contributed by atoms with Crippen LogP contribution in [0, 0.1) is 5.92 Å². The summed E-state index contributed by atoms with van der Waals surface area (Å²) in [6.07, 6.45) is -0.434. The van der Waals surface area contributed by atoms with Crippen molar-refractivity contribution in [2.75, 3.05) is 13.2 Å². The average Bonchev–Trinajstić information content (AvgIpc) is 2.78. The lowest BCUT2D eigenvalue weighted by atomic mass is 10.1. The van der Waals surface area contributed by atoms with Gasteiger partial charge in [-0.05, 0) is 24.3 Å². The second-order valence-corrected chi connectivity index (χ2v) is 5.72. The summed E-state index contributed by atoms with van der Waals surface area (Å²) < 4.78 is 5.45. The molecule has 3 nitrogen and oxygen atoms in total. The van der Waals surface area contributed by atoms with Gasteiger partial charge in [0.1, 0.15) is 0 Å². The topological polar surface area (TPSA) is 41.5 Å². The van der Waals surface area contributed by atoms with Gasteiger partial charge in [-0.15, -0.1) is 11.3 Å². The summed E-state index contributed by atoms with van der Waals surface area (Å²) in [6.45, 7) is 8.02. The molecule has 2 N–H and O–H groups in total. The van der Waals surface area contributed by atoms with E-state index in [2.05, 4.69) is 26.1 Å². The molecule has 0 aliphatic rings. The SMILES string of the molecule is CC(C)C(C)NCC(O)COCc1cccs1. The third-order valence-electron chi connectivity index (χ3n) is 2.81. The third kappa shape index (κ3) is 6.17. The molecular formula is C13H23NO2S. The predicted octanol–water partition coefficient (Wildman–Crippen LogP) is 2.26. The highest BCUT2D eigenvalue weighted by Gasteiger charge is 2.09. The van der Waals surface area contributed by atoms with Gasteiger partial charge in [0.05, 0.1) is 19.3 Å². The molecule has 4 heteroatoms. The van der Waals surface area contributed by atoms with E-state index in [9.17, 15) is 5.11 Å². The van der Waals surface area contributed by atoms with Gasteiger partial charge in [0, 0.05) is 17.5 Å². The lowest BCUT2D eigenvalue weighted by Gasteiger charge is -2.19. The van der Waals surface area contributed by atoms with Gasteiger partial charge in [-0.3, -0.25) is 0 Å². The van der Waals surface area contributed by atoms with Crippen molar-refractivity contribution in [1.29, 1.82) is 0 Å². The van der Waals surface area contributed by atoms with E-state index in [0.717, 1.165) is 0 Å². The van der Waals surface area contributed by atoms with Crippen molar-refractivity contribution in [2.24, 2.45) is 5.92 Å². The minimum absolute atomic E-state index is 0.385. The number of nitrogens with one attached hydrogen (secondary N) is 1. The van der Waals surface area contributed by atoms with E-state index in [4.69, 9.17) is 4.74 Å². The maximum absolute atomic E-state index is 9.72. The predicted molar refractivity (Wildman–Crippen MR) is 72.3 cm³/mol. The van der Waals surface area contributed by atoms with Crippen molar-refractivity contribution in [3.8, 4) is 0 Å². The molecule has 1 aromatic rings. The Morgan fingerprint density at radius 3 is 2.76 bits per heavy atom. The molecule has 0 spiro atoms. The van der Waals surface area contributed by atoms with E-state index >= 15 is 0 Å². The van der Waals surface area contributed by atoms with Crippen LogP contribution in [0.4, 0.5) is 0 Å². The summed E-state index contributed by atoms with van der Waals surface area (Å²) >= 11 is 1.67. The van der Waals surface area contributed by atoms with Crippen LogP contribution in [-0.2, 0) is 11.3 Å². The maximum Gasteiger partial charge on any atom is 0.0897 e. The molecule has 0 bridgehead atoms. The summed E-state index contributed by atoms with van der Waals surface area (Å²) in [5.74, 6) is 0.578. The Morgan fingerprint density at radius 1 is 1.41 bits per heavy atom. The molecule has 0 aliphatic carbocycles. The molecule has 1 aromatic heterocycles. The molecule has 0 saturated carbocycles. The van der Waals surface area contributed by atoms with Crippen LogP contribution in [0.15, 0.2) is 17.5 Å². The van der Waals surface area contributed by atoms with Gasteiger partial charge < -0.3 is 15.2 Å². The molecule has 2 unspecified atom stereocenters. The molecule has 0 radical (unpaired) electrons. The first-order chi connectivity index (χ1) is 8.09. The molecule has 0 fully saturated rings. The quantitative estimate of drug-likeness (QED) is 0.750. The fourth-order valence-corrected chi connectivity index (χ4v) is 1.95. The van der Waals surface area contributed by atoms with Gasteiger partial charge in [0.15, 0.2) is 0 Å². The van der Waals surface area contributed by atoms with Crippen LogP contribution in [0.25, 0.3) is 0 Å². The largest absolute Gasteiger partial charge is 0.389 e. The molecule has 2 atom stereocenters. The number of thiophene rings is 1. The second kappa shape index (κ2) is 7.82. The fraction of sp³-hybridized carbons (Fsp3) is 0.692. The Kier molecular flexibility index (Phi) is 6.73. The summed E-state index contributed by atoms with van der Waals surface area (Å²) in [5, 5.41) is 15.1. The minimum Gasteiger partial charge on any atom is -0.389 e. The highest BCUT2D eigenvalue weighted by atomic mass is 32.1. The Hall–Kier alpha value is -0.420. The van der Waals surface area contributed by atoms with Gasteiger partial charge in [0.25, 0.3) is 0 Å². The summed E-state index contributed by atoms with van der Waals surface area (Å²) in [5.41, 5.74) is 0. The fourth-order valence-electron chi connectivity index (χ4n) is 1.31. The second-order valence-electron chi connectivity index (χ2n) is 4.69. The van der Waals surface area contributed by atoms with Gasteiger partial charge in [0.2, 0.25) is 0 Å². The van der Waals surface area contributed by atoms with Gasteiger partial charge in [-0.25, -0.2) is 0 Å². The zero-order valence-corrected chi connectivity index (χ0v) is 11.7. The summed E-state index contributed by atoms with van der Waals surface area (Å²) in [6, 6.07) is 4.46. The Labute approximate surface area is 108 Å². The van der Waals surface area contributed by atoms with Crippen LogP contribution in [0.5, 0.6) is 0 Å². The van der Waals surface area contributed by atoms with Crippen molar-refractivity contribution in [3.63, 3.8) is 0 Å². The normalized spacial score (nSPS) is 15.1. The summed E-state index contributed by atoms with van der Waals surface area (Å²) in [7, 11) is 0. The number of aliphatic hydroxyl groups is 1. The molecule has 1 rings (SSSR count). The molecule has 0 amide bonds. The highest BCUT2D eigenvalue weighted by Crippen LogP contribution is 2.09. The van der Waals surface area contributed by atoms with Crippen molar-refractivity contribution >= 4 is 11.3 Å². The van der Waals surface area contributed by atoms with E-state index in [1.807, 2.05) is 17.5 Å². The molecule has 0 aromatic carbocycles. The first-order valence-corrected chi connectivity index (χ1v) is 6.99. The highest BCUT2D eigenvalue weighted by molar-refractivity contribution is 7.09. The van der Waals surface area contributed by atoms with Crippen molar-refractivity contribution in [2.45, 2.75) is 39.5 Å². The number of hydrogen-bond donors (Lipinski definition) is 2. The average molecular weight is 257 g/mol. The molecule has 17 heavy (non-hydrogen) atoms. The third-order valence-corrected chi connectivity index (χ3v) is 3.66.